The Morgan fingerprint density at radius 3 is 2.41 bits per heavy atom. The minimum Gasteiger partial charge on any atom is -0.495 e. The van der Waals surface area contributed by atoms with Crippen LogP contribution < -0.4 is 24.7 Å². The minimum atomic E-state index is -3.88. The van der Waals surface area contributed by atoms with E-state index in [9.17, 15) is 12.8 Å². The van der Waals surface area contributed by atoms with Crippen LogP contribution in [0, 0.1) is 5.82 Å². The summed E-state index contributed by atoms with van der Waals surface area (Å²) in [5.74, 6) is 0.729. The summed E-state index contributed by atoms with van der Waals surface area (Å²) in [4.78, 5) is -0.0373. The largest absolute Gasteiger partial charge is 0.495 e. The van der Waals surface area contributed by atoms with Gasteiger partial charge in [-0.15, -0.1) is 12.4 Å². The Labute approximate surface area is 195 Å². The highest BCUT2D eigenvalue weighted by Crippen LogP contribution is 2.28. The molecule has 2 aromatic rings. The van der Waals surface area contributed by atoms with Crippen molar-refractivity contribution in [3.63, 3.8) is 0 Å². The zero-order valence-corrected chi connectivity index (χ0v) is 20.2. The molecule has 0 aliphatic rings. The first-order valence-electron chi connectivity index (χ1n) is 10.2. The molecule has 0 radical (unpaired) electrons. The lowest BCUT2D eigenvalue weighted by Crippen LogP contribution is -2.32. The number of unbranched alkanes of at least 4 members (excludes halogenated alkanes) is 1. The van der Waals surface area contributed by atoms with Crippen LogP contribution in [0.3, 0.4) is 0 Å². The van der Waals surface area contributed by atoms with Crippen LogP contribution in [-0.2, 0) is 16.4 Å². The highest BCUT2D eigenvalue weighted by molar-refractivity contribution is 7.89. The summed E-state index contributed by atoms with van der Waals surface area (Å²) < 4.78 is 53.5. The second kappa shape index (κ2) is 13.5. The van der Waals surface area contributed by atoms with Crippen molar-refractivity contribution >= 4 is 22.4 Å². The van der Waals surface area contributed by atoms with Gasteiger partial charge in [0.05, 0.1) is 13.7 Å². The molecular weight excluding hydrogens is 459 g/mol. The summed E-state index contributed by atoms with van der Waals surface area (Å²) in [6.45, 7) is 5.44. The van der Waals surface area contributed by atoms with Gasteiger partial charge in [0, 0.05) is 18.7 Å². The monoisotopic (exact) mass is 490 g/mol. The van der Waals surface area contributed by atoms with Crippen molar-refractivity contribution in [1.29, 1.82) is 0 Å². The fourth-order valence-electron chi connectivity index (χ4n) is 3.00. The molecular formula is C22H32ClFN2O5S. The Morgan fingerprint density at radius 2 is 1.75 bits per heavy atom. The number of hydrogen-bond donors (Lipinski definition) is 2. The van der Waals surface area contributed by atoms with Gasteiger partial charge in [0.2, 0.25) is 10.0 Å². The van der Waals surface area contributed by atoms with Crippen LogP contribution in [0.5, 0.6) is 17.2 Å². The maximum absolute atomic E-state index is 13.6. The van der Waals surface area contributed by atoms with Gasteiger partial charge in [-0.25, -0.2) is 17.9 Å². The molecule has 2 aromatic carbocycles. The first kappa shape index (κ1) is 28.0. The van der Waals surface area contributed by atoms with Gasteiger partial charge in [0.1, 0.15) is 23.1 Å². The molecule has 0 heterocycles. The number of primary sulfonamides is 1. The molecule has 0 saturated heterocycles. The quantitative estimate of drug-likeness (QED) is 0.415. The summed E-state index contributed by atoms with van der Waals surface area (Å²) >= 11 is 0. The van der Waals surface area contributed by atoms with Gasteiger partial charge < -0.3 is 19.5 Å². The average Bonchev–Trinajstić information content (AvgIpc) is 2.72. The third-order valence-corrected chi connectivity index (χ3v) is 5.52. The van der Waals surface area contributed by atoms with Gasteiger partial charge in [-0.2, -0.15) is 0 Å². The molecule has 1 atom stereocenters. The van der Waals surface area contributed by atoms with E-state index in [2.05, 4.69) is 12.2 Å². The highest BCUT2D eigenvalue weighted by atomic mass is 35.5. The van der Waals surface area contributed by atoms with Crippen LogP contribution in [-0.4, -0.2) is 41.3 Å². The number of nitrogens with two attached hydrogens (primary N) is 1. The second-order valence-corrected chi connectivity index (χ2v) is 8.76. The molecule has 1 unspecified atom stereocenters. The van der Waals surface area contributed by atoms with E-state index < -0.39 is 10.0 Å². The Hall–Kier alpha value is -2.07. The molecule has 32 heavy (non-hydrogen) atoms. The molecule has 0 aliphatic carbocycles. The standard InChI is InChI=1S/C22H31FN2O5S.ClH/c1-4-5-11-29-19-9-7-18(23)15-21(19)30-12-10-25-16(2)13-17-6-8-20(28-3)22(14-17)31(24,26)27;/h6-9,14-16,25H,4-5,10-13H2,1-3H3,(H2,24,26,27);1H. The van der Waals surface area contributed by atoms with Crippen molar-refractivity contribution in [2.75, 3.05) is 26.9 Å². The molecule has 0 aliphatic heterocycles. The van der Waals surface area contributed by atoms with Crippen molar-refractivity contribution in [3.8, 4) is 17.2 Å². The summed E-state index contributed by atoms with van der Waals surface area (Å²) in [6.07, 6.45) is 2.50. The lowest BCUT2D eigenvalue weighted by atomic mass is 10.1. The van der Waals surface area contributed by atoms with Crippen molar-refractivity contribution in [2.24, 2.45) is 5.14 Å². The lowest BCUT2D eigenvalue weighted by molar-refractivity contribution is 0.260. The van der Waals surface area contributed by atoms with Gasteiger partial charge in [0.25, 0.3) is 0 Å². The summed E-state index contributed by atoms with van der Waals surface area (Å²) in [5, 5.41) is 8.57. The molecule has 0 aromatic heterocycles. The minimum absolute atomic E-state index is 0. The molecule has 0 bridgehead atoms. The van der Waals surface area contributed by atoms with Gasteiger partial charge in [-0.1, -0.05) is 19.4 Å². The number of rotatable bonds is 13. The second-order valence-electron chi connectivity index (χ2n) is 7.23. The highest BCUT2D eigenvalue weighted by Gasteiger charge is 2.16. The average molecular weight is 491 g/mol. The molecule has 0 saturated carbocycles. The van der Waals surface area contributed by atoms with Crippen LogP contribution in [0.15, 0.2) is 41.3 Å². The van der Waals surface area contributed by atoms with Crippen molar-refractivity contribution in [2.45, 2.75) is 44.0 Å². The van der Waals surface area contributed by atoms with E-state index in [4.69, 9.17) is 19.3 Å². The molecule has 0 fully saturated rings. The van der Waals surface area contributed by atoms with E-state index in [1.54, 1.807) is 18.2 Å². The van der Waals surface area contributed by atoms with Crippen LogP contribution in [0.1, 0.15) is 32.3 Å². The maximum atomic E-state index is 13.6. The Morgan fingerprint density at radius 1 is 1.06 bits per heavy atom. The van der Waals surface area contributed by atoms with Crippen LogP contribution >= 0.6 is 12.4 Å². The molecule has 2 rings (SSSR count). The molecule has 0 amide bonds. The third-order valence-electron chi connectivity index (χ3n) is 4.59. The van der Waals surface area contributed by atoms with Crippen LogP contribution in [0.4, 0.5) is 4.39 Å². The Kier molecular flexibility index (Phi) is 11.8. The number of nitrogens with one attached hydrogen (secondary N) is 1. The molecule has 7 nitrogen and oxygen atoms in total. The smallest absolute Gasteiger partial charge is 0.241 e. The zero-order valence-electron chi connectivity index (χ0n) is 18.6. The topological polar surface area (TPSA) is 99.9 Å². The fraction of sp³-hybridized carbons (Fsp3) is 0.455. The summed E-state index contributed by atoms with van der Waals surface area (Å²) in [7, 11) is -2.48. The van der Waals surface area contributed by atoms with Gasteiger partial charge >= 0.3 is 0 Å². The maximum Gasteiger partial charge on any atom is 0.241 e. The molecule has 0 spiro atoms. The normalized spacial score (nSPS) is 12.0. The molecule has 180 valence electrons. The van der Waals surface area contributed by atoms with Crippen molar-refractivity contribution in [3.05, 3.63) is 47.8 Å². The fourth-order valence-corrected chi connectivity index (χ4v) is 3.75. The number of sulfonamides is 1. The van der Waals surface area contributed by atoms with Gasteiger partial charge in [-0.05, 0) is 49.6 Å². The SMILES string of the molecule is CCCCOc1ccc(F)cc1OCCNC(C)Cc1ccc(OC)c(S(N)(=O)=O)c1.Cl. The van der Waals surface area contributed by atoms with Gasteiger partial charge in [0.15, 0.2) is 11.5 Å². The zero-order chi connectivity index (χ0) is 22.9. The molecule has 3 N–H and O–H groups in total. The number of benzene rings is 2. The van der Waals surface area contributed by atoms with E-state index in [0.717, 1.165) is 18.4 Å². The van der Waals surface area contributed by atoms with Crippen molar-refractivity contribution in [1.82, 2.24) is 5.32 Å². The lowest BCUT2D eigenvalue weighted by Gasteiger charge is -2.17. The summed E-state index contributed by atoms with van der Waals surface area (Å²) in [5.41, 5.74) is 0.808. The number of halogens is 2. The number of methoxy groups -OCH3 is 1. The van der Waals surface area contributed by atoms with Crippen LogP contribution in [0.25, 0.3) is 0 Å². The Balaban J connectivity index is 0.00000512. The predicted molar refractivity (Wildman–Crippen MR) is 125 cm³/mol. The number of ether oxygens (including phenoxy) is 3. The first-order valence-corrected chi connectivity index (χ1v) is 11.8. The van der Waals surface area contributed by atoms with E-state index in [0.29, 0.717) is 37.7 Å². The molecule has 10 heteroatoms. The first-order chi connectivity index (χ1) is 14.7. The van der Waals surface area contributed by atoms with E-state index in [1.807, 2.05) is 6.92 Å². The predicted octanol–water partition coefficient (Wildman–Crippen LogP) is 3.68. The third kappa shape index (κ3) is 8.82. The Bertz CT molecular complexity index is 959. The van der Waals surface area contributed by atoms with Crippen LogP contribution in [0.2, 0.25) is 0 Å². The summed E-state index contributed by atoms with van der Waals surface area (Å²) in [6, 6.07) is 9.19. The van der Waals surface area contributed by atoms with E-state index >= 15 is 0 Å². The van der Waals surface area contributed by atoms with E-state index in [1.165, 1.54) is 25.3 Å². The number of hydrogen-bond acceptors (Lipinski definition) is 6. The van der Waals surface area contributed by atoms with Gasteiger partial charge in [-0.3, -0.25) is 0 Å². The van der Waals surface area contributed by atoms with Crippen molar-refractivity contribution < 1.29 is 27.0 Å². The van der Waals surface area contributed by atoms with E-state index in [-0.39, 0.29) is 34.9 Å².